The quantitative estimate of drug-likeness (QED) is 0.523. The number of esters is 2. The van der Waals surface area contributed by atoms with Crippen LogP contribution in [0.1, 0.15) is 34.5 Å². The highest BCUT2D eigenvalue weighted by atomic mass is 35.5. The van der Waals surface area contributed by atoms with E-state index >= 15 is 0 Å². The average Bonchev–Trinajstić information content (AvgIpc) is 3.08. The monoisotopic (exact) mass is 388 g/mol. The third-order valence-corrected chi connectivity index (χ3v) is 3.48. The molecule has 132 valence electrons. The van der Waals surface area contributed by atoms with Gasteiger partial charge in [0.2, 0.25) is 0 Å². The molecule has 1 atom stereocenters. The zero-order chi connectivity index (χ0) is 18.6. The van der Waals surface area contributed by atoms with Crippen LogP contribution in [-0.2, 0) is 9.59 Å². The van der Waals surface area contributed by atoms with E-state index in [-0.39, 0.29) is 39.9 Å². The van der Waals surface area contributed by atoms with Crippen molar-refractivity contribution >= 4 is 47.7 Å². The summed E-state index contributed by atoms with van der Waals surface area (Å²) < 4.78 is 19.5. The maximum Gasteiger partial charge on any atom is 0.317 e. The first-order valence-corrected chi connectivity index (χ1v) is 7.51. The van der Waals surface area contributed by atoms with Gasteiger partial charge in [0.25, 0.3) is 11.9 Å². The normalized spacial score (nSPS) is 11.6. The molecule has 0 fully saturated rings. The molecule has 0 aliphatic rings. The zero-order valence-corrected chi connectivity index (χ0v) is 14.1. The number of carbonyl (C=O) groups excluding carboxylic acids is 4. The van der Waals surface area contributed by atoms with Crippen LogP contribution in [0.25, 0.3) is 0 Å². The van der Waals surface area contributed by atoms with Crippen LogP contribution in [0.4, 0.5) is 0 Å². The summed E-state index contributed by atoms with van der Waals surface area (Å²) in [5.41, 5.74) is 0. The van der Waals surface area contributed by atoms with Gasteiger partial charge in [-0.25, -0.2) is 0 Å². The summed E-state index contributed by atoms with van der Waals surface area (Å²) in [4.78, 5) is 44.9. The lowest BCUT2D eigenvalue weighted by Gasteiger charge is -2.08. The van der Waals surface area contributed by atoms with E-state index in [1.807, 2.05) is 0 Å². The Labute approximate surface area is 150 Å². The van der Waals surface area contributed by atoms with Crippen molar-refractivity contribution in [2.75, 3.05) is 0 Å². The Bertz CT molecular complexity index is 820. The summed E-state index contributed by atoms with van der Waals surface area (Å²) in [6, 6.07) is 2.30. The lowest BCUT2D eigenvalue weighted by atomic mass is 10.1. The van der Waals surface area contributed by atoms with Gasteiger partial charge in [-0.15, -0.1) is 0 Å². The average molecular weight is 389 g/mol. The van der Waals surface area contributed by atoms with Crippen LogP contribution in [-0.4, -0.2) is 24.5 Å². The van der Waals surface area contributed by atoms with E-state index < -0.39 is 17.9 Å². The summed E-state index contributed by atoms with van der Waals surface area (Å²) in [5.74, 6) is -3.41. The Hall–Kier alpha value is -2.58. The lowest BCUT2D eigenvalue weighted by molar-refractivity contribution is -0.145. The summed E-state index contributed by atoms with van der Waals surface area (Å²) in [5, 5.41) is -0.0171. The molecule has 0 saturated heterocycles. The minimum absolute atomic E-state index is 0.00839. The molecule has 0 aromatic carbocycles. The van der Waals surface area contributed by atoms with Gasteiger partial charge in [0.15, 0.2) is 24.1 Å². The lowest BCUT2D eigenvalue weighted by Crippen LogP contribution is -2.22. The zero-order valence-electron chi connectivity index (χ0n) is 12.6. The fourth-order valence-electron chi connectivity index (χ4n) is 1.67. The molecule has 2 rings (SSSR count). The summed E-state index contributed by atoms with van der Waals surface area (Å²) in [6.45, 7) is 1.42. The second-order valence-electron chi connectivity index (χ2n) is 4.79. The first-order valence-electron chi connectivity index (χ1n) is 6.75. The Morgan fingerprint density at radius 2 is 1.52 bits per heavy atom. The second kappa shape index (κ2) is 8.00. The van der Waals surface area contributed by atoms with Crippen molar-refractivity contribution in [3.63, 3.8) is 0 Å². The summed E-state index contributed by atoms with van der Waals surface area (Å²) >= 11 is 11.3. The Balaban J connectivity index is 1.91. The summed E-state index contributed by atoms with van der Waals surface area (Å²) in [7, 11) is 0. The van der Waals surface area contributed by atoms with E-state index in [4.69, 9.17) is 41.5 Å². The molecule has 1 unspecified atom stereocenters. The first-order chi connectivity index (χ1) is 11.8. The van der Waals surface area contributed by atoms with Crippen LogP contribution in [0.5, 0.6) is 11.9 Å². The molecule has 2 aromatic heterocycles. The maximum atomic E-state index is 11.9. The molecule has 2 heterocycles. The summed E-state index contributed by atoms with van der Waals surface area (Å²) in [6.07, 6.45) is 0.382. The van der Waals surface area contributed by atoms with Gasteiger partial charge in [-0.1, -0.05) is 30.1 Å². The number of furan rings is 2. The highest BCUT2D eigenvalue weighted by Crippen LogP contribution is 2.27. The molecule has 0 spiro atoms. The number of hydrogen-bond acceptors (Lipinski definition) is 8. The molecular weight excluding hydrogens is 379 g/mol. The SMILES string of the molecule is CC(CC(=O)Oc1cc(Cl)c(C=O)o1)C(=O)Oc1cc(Cl)c(C=O)o1. The van der Waals surface area contributed by atoms with Crippen molar-refractivity contribution in [3.05, 3.63) is 33.7 Å². The fourth-order valence-corrected chi connectivity index (χ4v) is 2.02. The molecule has 0 bridgehead atoms. The van der Waals surface area contributed by atoms with Crippen LogP contribution in [0.15, 0.2) is 21.0 Å². The number of hydrogen-bond donors (Lipinski definition) is 0. The molecule has 0 saturated carbocycles. The van der Waals surface area contributed by atoms with Crippen LogP contribution < -0.4 is 9.47 Å². The Morgan fingerprint density at radius 3 is 1.96 bits per heavy atom. The minimum Gasteiger partial charge on any atom is -0.421 e. The fraction of sp³-hybridized carbons (Fsp3) is 0.200. The highest BCUT2D eigenvalue weighted by Gasteiger charge is 2.23. The van der Waals surface area contributed by atoms with Gasteiger partial charge in [-0.3, -0.25) is 19.2 Å². The number of ether oxygens (including phenoxy) is 2. The van der Waals surface area contributed by atoms with E-state index in [2.05, 4.69) is 0 Å². The van der Waals surface area contributed by atoms with Crippen molar-refractivity contribution in [3.8, 4) is 11.9 Å². The van der Waals surface area contributed by atoms with E-state index in [1.54, 1.807) is 0 Å². The van der Waals surface area contributed by atoms with Gasteiger partial charge in [0.1, 0.15) is 0 Å². The molecule has 0 amide bonds. The highest BCUT2D eigenvalue weighted by molar-refractivity contribution is 6.33. The predicted octanol–water partition coefficient (Wildman–Crippen LogP) is 3.34. The Kier molecular flexibility index (Phi) is 6.00. The molecule has 0 radical (unpaired) electrons. The molecule has 0 aliphatic heterocycles. The van der Waals surface area contributed by atoms with Crippen molar-refractivity contribution in [2.24, 2.45) is 5.92 Å². The largest absolute Gasteiger partial charge is 0.421 e. The van der Waals surface area contributed by atoms with Crippen molar-refractivity contribution in [1.29, 1.82) is 0 Å². The van der Waals surface area contributed by atoms with Crippen molar-refractivity contribution < 1.29 is 37.5 Å². The Morgan fingerprint density at radius 1 is 1.04 bits per heavy atom. The van der Waals surface area contributed by atoms with Gasteiger partial charge in [0.05, 0.1) is 22.4 Å². The van der Waals surface area contributed by atoms with E-state index in [0.717, 1.165) is 12.1 Å². The molecule has 0 aliphatic carbocycles. The van der Waals surface area contributed by atoms with Crippen molar-refractivity contribution in [1.82, 2.24) is 0 Å². The predicted molar refractivity (Wildman–Crippen MR) is 83.3 cm³/mol. The van der Waals surface area contributed by atoms with E-state index in [1.165, 1.54) is 6.92 Å². The number of halogens is 2. The number of rotatable bonds is 7. The van der Waals surface area contributed by atoms with Gasteiger partial charge < -0.3 is 18.3 Å². The van der Waals surface area contributed by atoms with E-state index in [9.17, 15) is 19.2 Å². The number of carbonyl (C=O) groups is 4. The molecule has 25 heavy (non-hydrogen) atoms. The first kappa shape index (κ1) is 18.8. The van der Waals surface area contributed by atoms with Gasteiger partial charge in [-0.05, 0) is 0 Å². The van der Waals surface area contributed by atoms with Crippen LogP contribution in [0.2, 0.25) is 10.0 Å². The number of aldehydes is 2. The third-order valence-electron chi connectivity index (χ3n) is 2.89. The van der Waals surface area contributed by atoms with Crippen LogP contribution in [0.3, 0.4) is 0 Å². The standard InChI is InChI=1S/C15H10Cl2O8/c1-7(15(21)25-14-4-9(17)11(6-19)23-14)2-12(20)24-13-3-8(16)10(5-18)22-13/h3-7H,2H2,1H3. The second-order valence-corrected chi connectivity index (χ2v) is 5.61. The van der Waals surface area contributed by atoms with Gasteiger partial charge >= 0.3 is 11.9 Å². The molecule has 10 heteroatoms. The topological polar surface area (TPSA) is 113 Å². The molecule has 0 N–H and O–H groups in total. The van der Waals surface area contributed by atoms with Crippen LogP contribution >= 0.6 is 23.2 Å². The molecular formula is C15H10Cl2O8. The van der Waals surface area contributed by atoms with Gasteiger partial charge in [0, 0.05) is 12.1 Å². The molecule has 8 nitrogen and oxygen atoms in total. The smallest absolute Gasteiger partial charge is 0.317 e. The van der Waals surface area contributed by atoms with Gasteiger partial charge in [-0.2, -0.15) is 0 Å². The maximum absolute atomic E-state index is 11.9. The van der Waals surface area contributed by atoms with Crippen LogP contribution in [0, 0.1) is 5.92 Å². The molecule has 2 aromatic rings. The van der Waals surface area contributed by atoms with E-state index in [0.29, 0.717) is 12.6 Å². The van der Waals surface area contributed by atoms with Crippen molar-refractivity contribution in [2.45, 2.75) is 13.3 Å². The minimum atomic E-state index is -0.896. The third kappa shape index (κ3) is 4.71.